The number of carbonyl (C=O) groups is 1. The molecular weight excluding hydrogens is 479 g/mol. The van der Waals surface area contributed by atoms with Crippen LogP contribution in [-0.2, 0) is 11.4 Å². The summed E-state index contributed by atoms with van der Waals surface area (Å²) in [6, 6.07) is 20.5. The Bertz CT molecular complexity index is 1230. The van der Waals surface area contributed by atoms with E-state index in [0.717, 1.165) is 5.56 Å². The molecule has 0 saturated carbocycles. The van der Waals surface area contributed by atoms with Crippen LogP contribution in [0.15, 0.2) is 76.6 Å². The Morgan fingerprint density at radius 3 is 2.52 bits per heavy atom. The highest BCUT2D eigenvalue weighted by Gasteiger charge is 2.24. The molecule has 5 nitrogen and oxygen atoms in total. The summed E-state index contributed by atoms with van der Waals surface area (Å²) >= 11 is 13.9. The Hall–Kier alpha value is -2.93. The molecular formula is C25H20Cl2N2O3S. The second-order valence-electron chi connectivity index (χ2n) is 6.97. The van der Waals surface area contributed by atoms with Crippen LogP contribution < -0.4 is 14.8 Å². The van der Waals surface area contributed by atoms with Gasteiger partial charge in [-0.25, -0.2) is 4.99 Å². The number of benzene rings is 3. The number of nitrogens with zero attached hydrogens (tertiary/aromatic N) is 1. The van der Waals surface area contributed by atoms with Crippen LogP contribution in [0.3, 0.4) is 0 Å². The van der Waals surface area contributed by atoms with Crippen molar-refractivity contribution in [3.8, 4) is 11.5 Å². The van der Waals surface area contributed by atoms with Gasteiger partial charge >= 0.3 is 0 Å². The predicted octanol–water partition coefficient (Wildman–Crippen LogP) is 6.86. The van der Waals surface area contributed by atoms with Crippen LogP contribution in [0.1, 0.15) is 18.1 Å². The molecule has 0 unspecified atom stereocenters. The zero-order valence-electron chi connectivity index (χ0n) is 17.7. The van der Waals surface area contributed by atoms with Crippen LogP contribution >= 0.6 is 35.0 Å². The number of amidine groups is 1. The number of hydrogen-bond acceptors (Lipinski definition) is 5. The summed E-state index contributed by atoms with van der Waals surface area (Å²) in [6.07, 6.45) is 1.74. The quantitative estimate of drug-likeness (QED) is 0.361. The highest BCUT2D eigenvalue weighted by Crippen LogP contribution is 2.39. The monoisotopic (exact) mass is 498 g/mol. The van der Waals surface area contributed by atoms with Crippen LogP contribution in [0.25, 0.3) is 6.08 Å². The molecule has 1 N–H and O–H groups in total. The second-order valence-corrected chi connectivity index (χ2v) is 8.82. The number of aliphatic imine (C=N–C) groups is 1. The van der Waals surface area contributed by atoms with E-state index in [1.54, 1.807) is 30.3 Å². The SMILES string of the molecule is CCOc1cc(C=C2SC(=Nc3ccccc3Cl)NC2=O)cc(Cl)c1OCc1ccccc1. The third-order valence-corrected chi connectivity index (χ3v) is 6.09. The molecule has 33 heavy (non-hydrogen) atoms. The number of carbonyl (C=O) groups excluding carboxylic acids is 1. The van der Waals surface area contributed by atoms with Gasteiger partial charge in [-0.3, -0.25) is 4.79 Å². The van der Waals surface area contributed by atoms with Crippen LogP contribution in [0, 0.1) is 0 Å². The van der Waals surface area contributed by atoms with E-state index in [2.05, 4.69) is 10.3 Å². The minimum absolute atomic E-state index is 0.246. The molecule has 1 aliphatic heterocycles. The van der Waals surface area contributed by atoms with E-state index in [0.29, 0.717) is 56.1 Å². The molecule has 1 heterocycles. The van der Waals surface area contributed by atoms with E-state index in [1.807, 2.05) is 49.4 Å². The van der Waals surface area contributed by atoms with E-state index in [-0.39, 0.29) is 5.91 Å². The standard InChI is InChI=1S/C25H20Cl2N2O3S/c1-2-31-21-13-17(12-19(27)23(21)32-15-16-8-4-3-5-9-16)14-22-24(30)29-25(33-22)28-20-11-7-6-10-18(20)26/h3-14H,2,15H2,1H3,(H,28,29,30). The number of hydrogen-bond donors (Lipinski definition) is 1. The molecule has 0 radical (unpaired) electrons. The van der Waals surface area contributed by atoms with E-state index in [9.17, 15) is 4.79 Å². The van der Waals surface area contributed by atoms with Gasteiger partial charge in [-0.1, -0.05) is 65.7 Å². The first-order chi connectivity index (χ1) is 16.0. The fraction of sp³-hybridized carbons (Fsp3) is 0.120. The number of thioether (sulfide) groups is 1. The molecule has 0 atom stereocenters. The maximum Gasteiger partial charge on any atom is 0.264 e. The maximum absolute atomic E-state index is 12.5. The molecule has 0 bridgehead atoms. The maximum atomic E-state index is 12.5. The third-order valence-electron chi connectivity index (χ3n) is 4.58. The Morgan fingerprint density at radius 2 is 1.76 bits per heavy atom. The Balaban J connectivity index is 1.57. The molecule has 1 fully saturated rings. The number of rotatable bonds is 7. The number of nitrogens with one attached hydrogen (secondary N) is 1. The molecule has 3 aromatic carbocycles. The Kier molecular flexibility index (Phi) is 7.60. The van der Waals surface area contributed by atoms with Gasteiger partial charge in [-0.05, 0) is 60.2 Å². The zero-order chi connectivity index (χ0) is 23.2. The molecule has 0 spiro atoms. The Morgan fingerprint density at radius 1 is 1.00 bits per heavy atom. The smallest absolute Gasteiger partial charge is 0.264 e. The second kappa shape index (κ2) is 10.8. The van der Waals surface area contributed by atoms with Crippen molar-refractivity contribution in [1.29, 1.82) is 0 Å². The predicted molar refractivity (Wildman–Crippen MR) is 136 cm³/mol. The van der Waals surface area contributed by atoms with Gasteiger partial charge in [0.05, 0.1) is 27.2 Å². The van der Waals surface area contributed by atoms with Gasteiger partial charge in [0.25, 0.3) is 5.91 Å². The molecule has 168 valence electrons. The summed E-state index contributed by atoms with van der Waals surface area (Å²) in [6.45, 7) is 2.70. The molecule has 0 aromatic heterocycles. The highest BCUT2D eigenvalue weighted by atomic mass is 35.5. The third kappa shape index (κ3) is 5.90. The van der Waals surface area contributed by atoms with Crippen molar-refractivity contribution in [2.75, 3.05) is 6.61 Å². The van der Waals surface area contributed by atoms with Crippen LogP contribution in [0.5, 0.6) is 11.5 Å². The van der Waals surface area contributed by atoms with E-state index in [1.165, 1.54) is 11.8 Å². The van der Waals surface area contributed by atoms with Crippen LogP contribution in [0.4, 0.5) is 5.69 Å². The van der Waals surface area contributed by atoms with Crippen molar-refractivity contribution in [1.82, 2.24) is 5.32 Å². The van der Waals surface area contributed by atoms with Crippen molar-refractivity contribution in [2.24, 2.45) is 4.99 Å². The van der Waals surface area contributed by atoms with Gasteiger partial charge in [0.1, 0.15) is 6.61 Å². The summed E-state index contributed by atoms with van der Waals surface area (Å²) in [5.41, 5.74) is 2.32. The number of amides is 1. The van der Waals surface area contributed by atoms with E-state index >= 15 is 0 Å². The van der Waals surface area contributed by atoms with Crippen molar-refractivity contribution >= 4 is 57.8 Å². The minimum atomic E-state index is -0.246. The van der Waals surface area contributed by atoms with Gasteiger partial charge in [0.2, 0.25) is 0 Å². The van der Waals surface area contributed by atoms with Gasteiger partial charge in [-0.15, -0.1) is 0 Å². The molecule has 4 rings (SSSR count). The first-order valence-electron chi connectivity index (χ1n) is 10.2. The lowest BCUT2D eigenvalue weighted by Crippen LogP contribution is -2.19. The van der Waals surface area contributed by atoms with E-state index < -0.39 is 0 Å². The summed E-state index contributed by atoms with van der Waals surface area (Å²) in [5.74, 6) is 0.736. The fourth-order valence-electron chi connectivity index (χ4n) is 3.09. The average molecular weight is 499 g/mol. The molecule has 3 aromatic rings. The lowest BCUT2D eigenvalue weighted by atomic mass is 10.1. The largest absolute Gasteiger partial charge is 0.490 e. The molecule has 1 aliphatic rings. The minimum Gasteiger partial charge on any atom is -0.490 e. The highest BCUT2D eigenvalue weighted by molar-refractivity contribution is 8.18. The summed E-state index contributed by atoms with van der Waals surface area (Å²) in [7, 11) is 0. The lowest BCUT2D eigenvalue weighted by molar-refractivity contribution is -0.115. The van der Waals surface area contributed by atoms with Crippen molar-refractivity contribution < 1.29 is 14.3 Å². The first-order valence-corrected chi connectivity index (χ1v) is 11.8. The number of ether oxygens (including phenoxy) is 2. The summed E-state index contributed by atoms with van der Waals surface area (Å²) in [5, 5.41) is 4.13. The van der Waals surface area contributed by atoms with Crippen LogP contribution in [0.2, 0.25) is 10.0 Å². The normalized spacial score (nSPS) is 15.7. The van der Waals surface area contributed by atoms with Gasteiger partial charge < -0.3 is 14.8 Å². The fourth-order valence-corrected chi connectivity index (χ4v) is 4.37. The summed E-state index contributed by atoms with van der Waals surface area (Å²) < 4.78 is 11.7. The first kappa shape index (κ1) is 23.2. The topological polar surface area (TPSA) is 59.9 Å². The van der Waals surface area contributed by atoms with Crippen LogP contribution in [-0.4, -0.2) is 17.7 Å². The van der Waals surface area contributed by atoms with Gasteiger partial charge in [0.15, 0.2) is 16.7 Å². The zero-order valence-corrected chi connectivity index (χ0v) is 20.0. The molecule has 0 aliphatic carbocycles. The lowest BCUT2D eigenvalue weighted by Gasteiger charge is -2.14. The van der Waals surface area contributed by atoms with Crippen molar-refractivity contribution in [3.63, 3.8) is 0 Å². The van der Waals surface area contributed by atoms with Gasteiger partial charge in [-0.2, -0.15) is 0 Å². The molecule has 8 heteroatoms. The van der Waals surface area contributed by atoms with Crippen molar-refractivity contribution in [2.45, 2.75) is 13.5 Å². The molecule has 1 amide bonds. The van der Waals surface area contributed by atoms with Gasteiger partial charge in [0, 0.05) is 0 Å². The molecule has 1 saturated heterocycles. The number of halogens is 2. The average Bonchev–Trinajstić information content (AvgIpc) is 3.14. The van der Waals surface area contributed by atoms with Crippen molar-refractivity contribution in [3.05, 3.63) is 92.8 Å². The Labute approximate surface area is 206 Å². The van der Waals surface area contributed by atoms with E-state index in [4.69, 9.17) is 32.7 Å². The summed E-state index contributed by atoms with van der Waals surface area (Å²) in [4.78, 5) is 17.4. The number of para-hydroxylation sites is 1.